The van der Waals surface area contributed by atoms with Crippen LogP contribution in [-0.4, -0.2) is 24.9 Å². The standard InChI is InChI=1S/C20H15F3N4O3/c1-12-6-7-16-24-13(8-17(28)27(16)9-12)11-30-18(29)10-26-15-5-3-2-4-14(15)25-19(26)20(21,22)23/h2-9H,10-11H2,1H3. The molecular formula is C20H15F3N4O3. The zero-order valence-corrected chi connectivity index (χ0v) is 15.7. The molecule has 7 nitrogen and oxygen atoms in total. The number of benzene rings is 1. The first-order chi connectivity index (χ1) is 14.2. The van der Waals surface area contributed by atoms with Crippen LogP contribution in [0.15, 0.2) is 53.5 Å². The van der Waals surface area contributed by atoms with E-state index in [1.54, 1.807) is 30.5 Å². The van der Waals surface area contributed by atoms with E-state index in [1.807, 2.05) is 6.92 Å². The number of pyridine rings is 1. The Balaban J connectivity index is 1.56. The van der Waals surface area contributed by atoms with E-state index < -0.39 is 24.5 Å². The van der Waals surface area contributed by atoms with Crippen LogP contribution in [0.3, 0.4) is 0 Å². The van der Waals surface area contributed by atoms with Gasteiger partial charge in [-0.25, -0.2) is 9.97 Å². The smallest absolute Gasteiger partial charge is 0.449 e. The summed E-state index contributed by atoms with van der Waals surface area (Å²) in [6, 6.07) is 10.6. The lowest BCUT2D eigenvalue weighted by molar-refractivity contribution is -0.151. The molecule has 10 heteroatoms. The molecular weight excluding hydrogens is 401 g/mol. The second kappa shape index (κ2) is 7.29. The van der Waals surface area contributed by atoms with Crippen LogP contribution in [-0.2, 0) is 28.9 Å². The average Bonchev–Trinajstić information content (AvgIpc) is 3.06. The Kier molecular flexibility index (Phi) is 4.76. The minimum absolute atomic E-state index is 0.122. The maximum Gasteiger partial charge on any atom is 0.449 e. The van der Waals surface area contributed by atoms with Gasteiger partial charge in [-0.2, -0.15) is 13.2 Å². The van der Waals surface area contributed by atoms with Crippen LogP contribution in [0.1, 0.15) is 17.1 Å². The van der Waals surface area contributed by atoms with Crippen molar-refractivity contribution in [1.29, 1.82) is 0 Å². The number of imidazole rings is 1. The molecule has 3 aromatic heterocycles. The lowest BCUT2D eigenvalue weighted by atomic mass is 10.3. The van der Waals surface area contributed by atoms with E-state index in [0.717, 1.165) is 10.1 Å². The van der Waals surface area contributed by atoms with E-state index in [9.17, 15) is 22.8 Å². The van der Waals surface area contributed by atoms with Gasteiger partial charge in [-0.3, -0.25) is 14.0 Å². The number of aryl methyl sites for hydroxylation is 1. The van der Waals surface area contributed by atoms with Gasteiger partial charge in [0.1, 0.15) is 18.8 Å². The number of rotatable bonds is 4. The minimum atomic E-state index is -4.73. The lowest BCUT2D eigenvalue weighted by Crippen LogP contribution is -2.21. The molecule has 30 heavy (non-hydrogen) atoms. The van der Waals surface area contributed by atoms with Crippen molar-refractivity contribution in [2.75, 3.05) is 0 Å². The number of ether oxygens (including phenoxy) is 1. The summed E-state index contributed by atoms with van der Waals surface area (Å²) in [4.78, 5) is 32.3. The van der Waals surface area contributed by atoms with Crippen molar-refractivity contribution in [3.63, 3.8) is 0 Å². The fourth-order valence-corrected chi connectivity index (χ4v) is 3.11. The number of alkyl halides is 3. The Morgan fingerprint density at radius 3 is 2.67 bits per heavy atom. The van der Waals surface area contributed by atoms with Gasteiger partial charge in [-0.15, -0.1) is 0 Å². The third kappa shape index (κ3) is 3.76. The predicted molar refractivity (Wildman–Crippen MR) is 101 cm³/mol. The maximum atomic E-state index is 13.3. The normalized spacial score (nSPS) is 11.9. The second-order valence-corrected chi connectivity index (χ2v) is 6.69. The van der Waals surface area contributed by atoms with Crippen molar-refractivity contribution < 1.29 is 22.7 Å². The largest absolute Gasteiger partial charge is 0.458 e. The molecule has 0 atom stereocenters. The molecule has 3 heterocycles. The Labute approximate surface area is 167 Å². The van der Waals surface area contributed by atoms with Gasteiger partial charge < -0.3 is 9.30 Å². The maximum absolute atomic E-state index is 13.3. The molecule has 4 aromatic rings. The van der Waals surface area contributed by atoms with Crippen molar-refractivity contribution in [2.45, 2.75) is 26.3 Å². The summed E-state index contributed by atoms with van der Waals surface area (Å²) in [5.74, 6) is -2.09. The number of esters is 1. The molecule has 0 saturated carbocycles. The number of hydrogen-bond donors (Lipinski definition) is 0. The molecule has 0 aliphatic carbocycles. The summed E-state index contributed by atoms with van der Waals surface area (Å²) in [5, 5.41) is 0. The predicted octanol–water partition coefficient (Wildman–Crippen LogP) is 3.11. The number of halogens is 3. The van der Waals surface area contributed by atoms with Crippen LogP contribution in [0.25, 0.3) is 16.7 Å². The van der Waals surface area contributed by atoms with Crippen molar-refractivity contribution >= 4 is 22.6 Å². The highest BCUT2D eigenvalue weighted by Gasteiger charge is 2.38. The van der Waals surface area contributed by atoms with Gasteiger partial charge >= 0.3 is 12.1 Å². The number of para-hydroxylation sites is 2. The fraction of sp³-hybridized carbons (Fsp3) is 0.200. The molecule has 1 aromatic carbocycles. The highest BCUT2D eigenvalue weighted by molar-refractivity contribution is 5.79. The van der Waals surface area contributed by atoms with Crippen LogP contribution in [0.2, 0.25) is 0 Å². The number of carbonyl (C=O) groups is 1. The van der Waals surface area contributed by atoms with E-state index in [-0.39, 0.29) is 28.9 Å². The third-order valence-electron chi connectivity index (χ3n) is 4.44. The van der Waals surface area contributed by atoms with Gasteiger partial charge in [0, 0.05) is 12.3 Å². The minimum Gasteiger partial charge on any atom is -0.458 e. The summed E-state index contributed by atoms with van der Waals surface area (Å²) in [5.41, 5.74) is 1.38. The van der Waals surface area contributed by atoms with Crippen LogP contribution >= 0.6 is 0 Å². The zero-order chi connectivity index (χ0) is 21.5. The van der Waals surface area contributed by atoms with Gasteiger partial charge in [0.25, 0.3) is 5.56 Å². The summed E-state index contributed by atoms with van der Waals surface area (Å²) in [6.07, 6.45) is -3.10. The molecule has 154 valence electrons. The molecule has 0 amide bonds. The van der Waals surface area contributed by atoms with Crippen LogP contribution in [0, 0.1) is 6.92 Å². The summed E-state index contributed by atoms with van der Waals surface area (Å²) in [7, 11) is 0. The number of nitrogens with zero attached hydrogens (tertiary/aromatic N) is 4. The number of hydrogen-bond acceptors (Lipinski definition) is 5. The molecule has 0 fully saturated rings. The first-order valence-corrected chi connectivity index (χ1v) is 8.89. The summed E-state index contributed by atoms with van der Waals surface area (Å²) in [6.45, 7) is 0.810. The Morgan fingerprint density at radius 2 is 1.90 bits per heavy atom. The van der Waals surface area contributed by atoms with Crippen molar-refractivity contribution in [3.8, 4) is 0 Å². The number of fused-ring (bicyclic) bond motifs is 2. The van der Waals surface area contributed by atoms with Crippen molar-refractivity contribution in [3.05, 3.63) is 76.1 Å². The van der Waals surface area contributed by atoms with E-state index in [4.69, 9.17) is 4.74 Å². The van der Waals surface area contributed by atoms with Gasteiger partial charge in [-0.05, 0) is 30.7 Å². The fourth-order valence-electron chi connectivity index (χ4n) is 3.11. The highest BCUT2D eigenvalue weighted by atomic mass is 19.4. The molecule has 0 saturated heterocycles. The lowest BCUT2D eigenvalue weighted by Gasteiger charge is -2.11. The third-order valence-corrected chi connectivity index (χ3v) is 4.44. The quantitative estimate of drug-likeness (QED) is 0.478. The molecule has 0 unspecified atom stereocenters. The zero-order valence-electron chi connectivity index (χ0n) is 15.7. The van der Waals surface area contributed by atoms with Crippen LogP contribution < -0.4 is 5.56 Å². The molecule has 0 N–H and O–H groups in total. The van der Waals surface area contributed by atoms with E-state index in [0.29, 0.717) is 5.65 Å². The topological polar surface area (TPSA) is 78.5 Å². The molecule has 0 aliphatic heterocycles. The summed E-state index contributed by atoms with van der Waals surface area (Å²) < 4.78 is 47.2. The van der Waals surface area contributed by atoms with E-state index in [2.05, 4.69) is 9.97 Å². The van der Waals surface area contributed by atoms with Gasteiger partial charge in [0.15, 0.2) is 0 Å². The van der Waals surface area contributed by atoms with Gasteiger partial charge in [0.05, 0.1) is 16.7 Å². The van der Waals surface area contributed by atoms with Gasteiger partial charge in [-0.1, -0.05) is 18.2 Å². The highest BCUT2D eigenvalue weighted by Crippen LogP contribution is 2.31. The first-order valence-electron chi connectivity index (χ1n) is 8.89. The molecule has 0 aliphatic rings. The van der Waals surface area contributed by atoms with E-state index in [1.165, 1.54) is 22.6 Å². The first kappa shape index (κ1) is 19.6. The van der Waals surface area contributed by atoms with E-state index >= 15 is 0 Å². The molecule has 0 bridgehead atoms. The van der Waals surface area contributed by atoms with Crippen LogP contribution in [0.4, 0.5) is 13.2 Å². The molecule has 0 spiro atoms. The average molecular weight is 416 g/mol. The van der Waals surface area contributed by atoms with Crippen molar-refractivity contribution in [1.82, 2.24) is 18.9 Å². The van der Waals surface area contributed by atoms with Crippen molar-refractivity contribution in [2.24, 2.45) is 0 Å². The second-order valence-electron chi connectivity index (χ2n) is 6.69. The Bertz CT molecular complexity index is 1320. The SMILES string of the molecule is Cc1ccc2nc(COC(=O)Cn3c(C(F)(F)F)nc4ccccc43)cc(=O)n2c1. The summed E-state index contributed by atoms with van der Waals surface area (Å²) >= 11 is 0. The number of carbonyl (C=O) groups excluding carboxylic acids is 1. The van der Waals surface area contributed by atoms with Crippen LogP contribution in [0.5, 0.6) is 0 Å². The van der Waals surface area contributed by atoms with Gasteiger partial charge in [0.2, 0.25) is 5.82 Å². The Morgan fingerprint density at radius 1 is 1.13 bits per heavy atom. The Hall–Kier alpha value is -3.69. The molecule has 4 rings (SSSR count). The number of aromatic nitrogens is 4. The molecule has 0 radical (unpaired) electrons. The monoisotopic (exact) mass is 416 g/mol.